The van der Waals surface area contributed by atoms with E-state index in [0.29, 0.717) is 5.56 Å². The Morgan fingerprint density at radius 3 is 1.93 bits per heavy atom. The molecule has 1 fully saturated rings. The van der Waals surface area contributed by atoms with E-state index in [0.717, 1.165) is 5.56 Å². The second-order valence-electron chi connectivity index (χ2n) is 3.95. The van der Waals surface area contributed by atoms with Gasteiger partial charge in [0.05, 0.1) is 5.41 Å². The summed E-state index contributed by atoms with van der Waals surface area (Å²) in [6.45, 7) is 1.87. The van der Waals surface area contributed by atoms with Gasteiger partial charge in [0.2, 0.25) is 0 Å². The molecule has 0 nitrogen and oxygen atoms in total. The summed E-state index contributed by atoms with van der Waals surface area (Å²) in [5.41, 5.74) is -0.122. The Kier molecular flexibility index (Phi) is 1.88. The van der Waals surface area contributed by atoms with Gasteiger partial charge in [0.1, 0.15) is 0 Å². The Morgan fingerprint density at radius 1 is 1.07 bits per heavy atom. The van der Waals surface area contributed by atoms with Crippen LogP contribution in [0.25, 0.3) is 0 Å². The first kappa shape index (κ1) is 9.56. The molecule has 1 aromatic rings. The molecule has 1 aliphatic rings. The minimum Gasteiger partial charge on any atom is -0.170 e. The van der Waals surface area contributed by atoms with Crippen LogP contribution in [0.3, 0.4) is 0 Å². The van der Waals surface area contributed by atoms with Gasteiger partial charge in [0.25, 0.3) is 0 Å². The predicted octanol–water partition coefficient (Wildman–Crippen LogP) is 3.59. The highest BCUT2D eigenvalue weighted by atomic mass is 19.4. The van der Waals surface area contributed by atoms with E-state index < -0.39 is 11.6 Å². The summed E-state index contributed by atoms with van der Waals surface area (Å²) in [5, 5.41) is 0. The van der Waals surface area contributed by atoms with Crippen molar-refractivity contribution in [2.75, 3.05) is 0 Å². The summed E-state index contributed by atoms with van der Waals surface area (Å²) in [6, 6.07) is 6.66. The Labute approximate surface area is 80.7 Å². The van der Waals surface area contributed by atoms with Crippen LogP contribution >= 0.6 is 0 Å². The highest BCUT2D eigenvalue weighted by molar-refractivity contribution is 5.35. The van der Waals surface area contributed by atoms with E-state index >= 15 is 0 Å². The number of alkyl halides is 3. The van der Waals surface area contributed by atoms with Gasteiger partial charge in [-0.25, -0.2) is 0 Å². The van der Waals surface area contributed by atoms with Crippen molar-refractivity contribution in [2.45, 2.75) is 31.4 Å². The standard InChI is InChI=1S/C11H11F3/c1-8-2-4-9(5-3-8)10(6-7-10)11(12,13)14/h2-5H,6-7H2,1H3. The first-order chi connectivity index (χ1) is 6.46. The maximum absolute atomic E-state index is 12.7. The fourth-order valence-electron chi connectivity index (χ4n) is 1.73. The minimum atomic E-state index is -4.09. The number of rotatable bonds is 1. The molecular weight excluding hydrogens is 189 g/mol. The van der Waals surface area contributed by atoms with Gasteiger partial charge >= 0.3 is 6.18 Å². The van der Waals surface area contributed by atoms with Gasteiger partial charge in [-0.05, 0) is 25.3 Å². The molecule has 0 aromatic heterocycles. The van der Waals surface area contributed by atoms with Crippen LogP contribution < -0.4 is 0 Å². The van der Waals surface area contributed by atoms with E-state index in [2.05, 4.69) is 0 Å². The Morgan fingerprint density at radius 2 is 1.57 bits per heavy atom. The molecule has 0 bridgehead atoms. The first-order valence-electron chi connectivity index (χ1n) is 4.60. The third kappa shape index (κ3) is 1.31. The lowest BCUT2D eigenvalue weighted by atomic mass is 9.95. The highest BCUT2D eigenvalue weighted by Crippen LogP contribution is 2.58. The summed E-state index contributed by atoms with van der Waals surface area (Å²) in [5.74, 6) is 0. The van der Waals surface area contributed by atoms with Gasteiger partial charge in [0, 0.05) is 0 Å². The van der Waals surface area contributed by atoms with Crippen LogP contribution in [0.5, 0.6) is 0 Å². The summed E-state index contributed by atoms with van der Waals surface area (Å²) in [6.07, 6.45) is -3.62. The maximum Gasteiger partial charge on any atom is 0.398 e. The van der Waals surface area contributed by atoms with Gasteiger partial charge in [0.15, 0.2) is 0 Å². The van der Waals surface area contributed by atoms with Crippen molar-refractivity contribution in [1.82, 2.24) is 0 Å². The zero-order chi connectivity index (χ0) is 10.4. The normalized spacial score (nSPS) is 19.4. The number of hydrogen-bond donors (Lipinski definition) is 0. The van der Waals surface area contributed by atoms with Crippen molar-refractivity contribution >= 4 is 0 Å². The molecule has 0 N–H and O–H groups in total. The third-order valence-corrected chi connectivity index (χ3v) is 2.90. The lowest BCUT2D eigenvalue weighted by molar-refractivity contribution is -0.160. The average molecular weight is 200 g/mol. The lowest BCUT2D eigenvalue weighted by Gasteiger charge is -2.19. The second-order valence-corrected chi connectivity index (χ2v) is 3.95. The number of aryl methyl sites for hydroxylation is 1. The van der Waals surface area contributed by atoms with E-state index in [1.54, 1.807) is 24.3 Å². The van der Waals surface area contributed by atoms with E-state index in [1.165, 1.54) is 0 Å². The van der Waals surface area contributed by atoms with Crippen LogP contribution in [0.1, 0.15) is 24.0 Å². The highest BCUT2D eigenvalue weighted by Gasteiger charge is 2.63. The zero-order valence-electron chi connectivity index (χ0n) is 7.86. The van der Waals surface area contributed by atoms with Crippen molar-refractivity contribution in [1.29, 1.82) is 0 Å². The van der Waals surface area contributed by atoms with Crippen LogP contribution in [0, 0.1) is 6.92 Å². The lowest BCUT2D eigenvalue weighted by Crippen LogP contribution is -2.28. The molecule has 0 aliphatic heterocycles. The molecule has 1 aliphatic carbocycles. The Balaban J connectivity index is 2.36. The van der Waals surface area contributed by atoms with Crippen molar-refractivity contribution in [3.63, 3.8) is 0 Å². The van der Waals surface area contributed by atoms with Gasteiger partial charge < -0.3 is 0 Å². The molecule has 1 aromatic carbocycles. The molecule has 1 saturated carbocycles. The molecule has 76 valence electrons. The van der Waals surface area contributed by atoms with Crippen LogP contribution in [-0.4, -0.2) is 6.18 Å². The summed E-state index contributed by atoms with van der Waals surface area (Å²) < 4.78 is 38.0. The predicted molar refractivity (Wildman–Crippen MR) is 48.1 cm³/mol. The number of benzene rings is 1. The smallest absolute Gasteiger partial charge is 0.170 e. The monoisotopic (exact) mass is 200 g/mol. The largest absolute Gasteiger partial charge is 0.398 e. The maximum atomic E-state index is 12.7. The van der Waals surface area contributed by atoms with E-state index in [-0.39, 0.29) is 12.8 Å². The quantitative estimate of drug-likeness (QED) is 0.649. The Bertz CT molecular complexity index is 331. The van der Waals surface area contributed by atoms with Crippen molar-refractivity contribution in [2.24, 2.45) is 0 Å². The van der Waals surface area contributed by atoms with Crippen LogP contribution in [-0.2, 0) is 5.41 Å². The van der Waals surface area contributed by atoms with Crippen LogP contribution in [0.2, 0.25) is 0 Å². The van der Waals surface area contributed by atoms with Gasteiger partial charge in [-0.3, -0.25) is 0 Å². The fourth-order valence-corrected chi connectivity index (χ4v) is 1.73. The molecule has 0 radical (unpaired) electrons. The first-order valence-corrected chi connectivity index (χ1v) is 4.60. The molecule has 3 heteroatoms. The van der Waals surface area contributed by atoms with Crippen molar-refractivity contribution < 1.29 is 13.2 Å². The van der Waals surface area contributed by atoms with Crippen molar-refractivity contribution in [3.05, 3.63) is 35.4 Å². The Hall–Kier alpha value is -0.990. The third-order valence-electron chi connectivity index (χ3n) is 2.90. The van der Waals surface area contributed by atoms with E-state index in [9.17, 15) is 13.2 Å². The van der Waals surface area contributed by atoms with Gasteiger partial charge in [-0.2, -0.15) is 13.2 Å². The molecule has 0 saturated heterocycles. The summed E-state index contributed by atoms with van der Waals surface area (Å²) >= 11 is 0. The number of halogens is 3. The minimum absolute atomic E-state index is 0.236. The van der Waals surface area contributed by atoms with Gasteiger partial charge in [-0.1, -0.05) is 29.8 Å². The van der Waals surface area contributed by atoms with E-state index in [1.807, 2.05) is 6.92 Å². The summed E-state index contributed by atoms with van der Waals surface area (Å²) in [4.78, 5) is 0. The fraction of sp³-hybridized carbons (Fsp3) is 0.455. The molecule has 0 heterocycles. The molecule has 2 rings (SSSR count). The summed E-state index contributed by atoms with van der Waals surface area (Å²) in [7, 11) is 0. The molecule has 0 atom stereocenters. The number of hydrogen-bond acceptors (Lipinski definition) is 0. The SMILES string of the molecule is Cc1ccc(C2(C(F)(F)F)CC2)cc1. The molecule has 0 amide bonds. The van der Waals surface area contributed by atoms with Crippen LogP contribution in [0.4, 0.5) is 13.2 Å². The van der Waals surface area contributed by atoms with E-state index in [4.69, 9.17) is 0 Å². The molecule has 0 unspecified atom stereocenters. The second kappa shape index (κ2) is 2.75. The molecule has 0 spiro atoms. The van der Waals surface area contributed by atoms with Crippen LogP contribution in [0.15, 0.2) is 24.3 Å². The zero-order valence-corrected chi connectivity index (χ0v) is 7.86. The molecular formula is C11H11F3. The van der Waals surface area contributed by atoms with Crippen molar-refractivity contribution in [3.8, 4) is 0 Å². The average Bonchev–Trinajstić information content (AvgIpc) is 2.84. The van der Waals surface area contributed by atoms with Gasteiger partial charge in [-0.15, -0.1) is 0 Å². The molecule has 14 heavy (non-hydrogen) atoms. The topological polar surface area (TPSA) is 0 Å².